The molecule has 122 valence electrons. The Kier molecular flexibility index (Phi) is 4.33. The fraction of sp³-hybridized carbons (Fsp3) is 0.800. The number of aromatic nitrogens is 3. The summed E-state index contributed by atoms with van der Waals surface area (Å²) in [7, 11) is 3.55. The van der Waals surface area contributed by atoms with Gasteiger partial charge < -0.3 is 14.5 Å². The lowest BCUT2D eigenvalue weighted by molar-refractivity contribution is 0.103. The van der Waals surface area contributed by atoms with Gasteiger partial charge in [0.25, 0.3) is 0 Å². The van der Waals surface area contributed by atoms with Crippen LogP contribution in [0.1, 0.15) is 37.1 Å². The molecule has 0 radical (unpaired) electrons. The molecule has 1 aliphatic heterocycles. The number of fused-ring (bicyclic) bond motifs is 1. The summed E-state index contributed by atoms with van der Waals surface area (Å²) in [6, 6.07) is 0.0175. The number of nitrogens with zero attached hydrogens (tertiary/aromatic N) is 5. The second-order valence-corrected chi connectivity index (χ2v) is 6.46. The van der Waals surface area contributed by atoms with Crippen LogP contribution in [0, 0.1) is 5.92 Å². The van der Waals surface area contributed by atoms with E-state index in [9.17, 15) is 4.79 Å². The van der Waals surface area contributed by atoms with Crippen LogP contribution in [0.5, 0.6) is 0 Å². The van der Waals surface area contributed by atoms with Crippen LogP contribution in [0.4, 0.5) is 4.79 Å². The Balaban J connectivity index is 1.83. The van der Waals surface area contributed by atoms with Crippen LogP contribution in [-0.2, 0) is 17.8 Å². The molecule has 0 N–H and O–H groups in total. The van der Waals surface area contributed by atoms with Crippen LogP contribution in [-0.4, -0.2) is 64.7 Å². The Labute approximate surface area is 131 Å². The average molecular weight is 307 g/mol. The molecular weight excluding hydrogens is 282 g/mol. The largest absolute Gasteiger partial charge is 0.381 e. The van der Waals surface area contributed by atoms with Crippen molar-refractivity contribution in [3.8, 4) is 0 Å². The van der Waals surface area contributed by atoms with Crippen molar-refractivity contribution in [2.75, 3.05) is 33.9 Å². The topological polar surface area (TPSA) is 63.5 Å². The van der Waals surface area contributed by atoms with Gasteiger partial charge in [0.2, 0.25) is 0 Å². The molecule has 1 unspecified atom stereocenters. The molecule has 7 heteroatoms. The maximum Gasteiger partial charge on any atom is 0.319 e. The highest BCUT2D eigenvalue weighted by Crippen LogP contribution is 2.33. The predicted molar refractivity (Wildman–Crippen MR) is 81.5 cm³/mol. The molecule has 0 bridgehead atoms. The highest BCUT2D eigenvalue weighted by Gasteiger charge is 2.35. The van der Waals surface area contributed by atoms with Crippen molar-refractivity contribution < 1.29 is 9.53 Å². The van der Waals surface area contributed by atoms with Crippen LogP contribution >= 0.6 is 0 Å². The number of amides is 2. The molecule has 1 aromatic heterocycles. The molecule has 2 aliphatic rings. The molecule has 7 nitrogen and oxygen atoms in total. The summed E-state index contributed by atoms with van der Waals surface area (Å²) in [6.45, 7) is 5.44. The number of ether oxygens (including phenoxy) is 1. The Hall–Kier alpha value is -1.63. The quantitative estimate of drug-likeness (QED) is 0.822. The standard InChI is InChI=1S/C15H25N5O2/c1-4-22-10-12-8-19(15(21)18(2)3)9-13-14(12)20(17-16-13)7-11-5-6-11/h11-12H,4-10H2,1-3H3. The van der Waals surface area contributed by atoms with Crippen LogP contribution in [0.25, 0.3) is 0 Å². The normalized spacial score (nSPS) is 20.9. The van der Waals surface area contributed by atoms with Crippen molar-refractivity contribution in [1.29, 1.82) is 0 Å². The third kappa shape index (κ3) is 3.09. The van der Waals surface area contributed by atoms with Gasteiger partial charge in [-0.05, 0) is 25.7 Å². The highest BCUT2D eigenvalue weighted by atomic mass is 16.5. The lowest BCUT2D eigenvalue weighted by atomic mass is 9.99. The van der Waals surface area contributed by atoms with Crippen LogP contribution in [0.2, 0.25) is 0 Å². The summed E-state index contributed by atoms with van der Waals surface area (Å²) in [5, 5.41) is 8.67. The molecule has 1 fully saturated rings. The first kappa shape index (κ1) is 15.3. The SMILES string of the molecule is CCOCC1CN(C(=O)N(C)C)Cc2nnn(CC3CC3)c21. The highest BCUT2D eigenvalue weighted by molar-refractivity contribution is 5.74. The van der Waals surface area contributed by atoms with Gasteiger partial charge in [0.05, 0.1) is 18.8 Å². The van der Waals surface area contributed by atoms with Crippen molar-refractivity contribution in [3.05, 3.63) is 11.4 Å². The molecule has 3 rings (SSSR count). The molecule has 2 amide bonds. The van der Waals surface area contributed by atoms with Crippen molar-refractivity contribution in [2.24, 2.45) is 5.92 Å². The maximum absolute atomic E-state index is 12.3. The predicted octanol–water partition coefficient (Wildman–Crippen LogP) is 1.31. The van der Waals surface area contributed by atoms with E-state index in [4.69, 9.17) is 4.74 Å². The van der Waals surface area contributed by atoms with Gasteiger partial charge in [-0.2, -0.15) is 0 Å². The minimum atomic E-state index is 0.0175. The Bertz CT molecular complexity index is 538. The summed E-state index contributed by atoms with van der Waals surface area (Å²) >= 11 is 0. The van der Waals surface area contributed by atoms with Crippen molar-refractivity contribution in [1.82, 2.24) is 24.8 Å². The van der Waals surface area contributed by atoms with Gasteiger partial charge in [-0.3, -0.25) is 0 Å². The first-order valence-corrected chi connectivity index (χ1v) is 8.06. The van der Waals surface area contributed by atoms with E-state index >= 15 is 0 Å². The van der Waals surface area contributed by atoms with Crippen molar-refractivity contribution >= 4 is 6.03 Å². The molecule has 2 heterocycles. The zero-order valence-electron chi connectivity index (χ0n) is 13.7. The number of urea groups is 1. The Morgan fingerprint density at radius 3 is 2.82 bits per heavy atom. The first-order valence-electron chi connectivity index (χ1n) is 8.06. The zero-order valence-corrected chi connectivity index (χ0v) is 13.7. The maximum atomic E-state index is 12.3. The van der Waals surface area contributed by atoms with Gasteiger partial charge in [0.15, 0.2) is 0 Å². The molecule has 0 spiro atoms. The van der Waals surface area contributed by atoms with E-state index in [0.29, 0.717) is 26.3 Å². The Morgan fingerprint density at radius 2 is 2.18 bits per heavy atom. The molecule has 1 aromatic rings. The van der Waals surface area contributed by atoms with Crippen LogP contribution in [0.15, 0.2) is 0 Å². The summed E-state index contributed by atoms with van der Waals surface area (Å²) in [6.07, 6.45) is 2.58. The van der Waals surface area contributed by atoms with Gasteiger partial charge in [-0.15, -0.1) is 5.10 Å². The van der Waals surface area contributed by atoms with E-state index in [-0.39, 0.29) is 11.9 Å². The smallest absolute Gasteiger partial charge is 0.319 e. The lowest BCUT2D eigenvalue weighted by Gasteiger charge is -2.34. The van der Waals surface area contributed by atoms with Gasteiger partial charge >= 0.3 is 6.03 Å². The van der Waals surface area contributed by atoms with E-state index in [1.165, 1.54) is 18.5 Å². The van der Waals surface area contributed by atoms with E-state index in [0.717, 1.165) is 18.2 Å². The van der Waals surface area contributed by atoms with E-state index in [1.807, 2.05) is 16.5 Å². The molecule has 22 heavy (non-hydrogen) atoms. The molecule has 0 aromatic carbocycles. The second kappa shape index (κ2) is 6.24. The minimum Gasteiger partial charge on any atom is -0.381 e. The van der Waals surface area contributed by atoms with Crippen LogP contribution < -0.4 is 0 Å². The number of hydrogen-bond acceptors (Lipinski definition) is 4. The second-order valence-electron chi connectivity index (χ2n) is 6.46. The van der Waals surface area contributed by atoms with Crippen LogP contribution in [0.3, 0.4) is 0 Å². The number of rotatable bonds is 5. The first-order chi connectivity index (χ1) is 10.6. The zero-order chi connectivity index (χ0) is 15.7. The summed E-state index contributed by atoms with van der Waals surface area (Å²) in [5.74, 6) is 0.904. The third-order valence-corrected chi connectivity index (χ3v) is 4.32. The Morgan fingerprint density at radius 1 is 1.41 bits per heavy atom. The third-order valence-electron chi connectivity index (χ3n) is 4.32. The number of carbonyl (C=O) groups is 1. The van der Waals surface area contributed by atoms with Gasteiger partial charge in [-0.1, -0.05) is 5.21 Å². The number of carbonyl (C=O) groups excluding carboxylic acids is 1. The van der Waals surface area contributed by atoms with Gasteiger partial charge in [0, 0.05) is 39.7 Å². The van der Waals surface area contributed by atoms with Crippen molar-refractivity contribution in [2.45, 2.75) is 38.8 Å². The number of hydrogen-bond donors (Lipinski definition) is 0. The fourth-order valence-electron chi connectivity index (χ4n) is 3.01. The molecular formula is C15H25N5O2. The molecule has 1 aliphatic carbocycles. The summed E-state index contributed by atoms with van der Waals surface area (Å²) < 4.78 is 7.69. The molecule has 1 atom stereocenters. The summed E-state index contributed by atoms with van der Waals surface area (Å²) in [4.78, 5) is 15.7. The summed E-state index contributed by atoms with van der Waals surface area (Å²) in [5.41, 5.74) is 2.09. The fourth-order valence-corrected chi connectivity index (χ4v) is 3.01. The van der Waals surface area contributed by atoms with E-state index in [2.05, 4.69) is 10.3 Å². The monoisotopic (exact) mass is 307 g/mol. The van der Waals surface area contributed by atoms with Crippen molar-refractivity contribution in [3.63, 3.8) is 0 Å². The van der Waals surface area contributed by atoms with Gasteiger partial charge in [-0.25, -0.2) is 9.48 Å². The lowest BCUT2D eigenvalue weighted by Crippen LogP contribution is -2.44. The van der Waals surface area contributed by atoms with E-state index < -0.39 is 0 Å². The van der Waals surface area contributed by atoms with Gasteiger partial charge in [0.1, 0.15) is 5.69 Å². The minimum absolute atomic E-state index is 0.0175. The molecule has 0 saturated heterocycles. The van der Waals surface area contributed by atoms with E-state index in [1.54, 1.807) is 19.0 Å². The molecule has 1 saturated carbocycles. The average Bonchev–Trinajstić information content (AvgIpc) is 3.23.